The number of hydrogen-bond donors (Lipinski definition) is 2. The average molecular weight is 282 g/mol. The molecule has 0 saturated heterocycles. The molecule has 0 spiro atoms. The molecule has 4 nitrogen and oxygen atoms in total. The van der Waals surface area contributed by atoms with Gasteiger partial charge in [-0.05, 0) is 25.0 Å². The van der Waals surface area contributed by atoms with E-state index in [1.807, 2.05) is 0 Å². The second-order valence-electron chi connectivity index (χ2n) is 4.87. The van der Waals surface area contributed by atoms with Gasteiger partial charge in [0.05, 0.1) is 0 Å². The molecule has 2 N–H and O–H groups in total. The van der Waals surface area contributed by atoms with Gasteiger partial charge in [0.1, 0.15) is 23.7 Å². The van der Waals surface area contributed by atoms with Crippen LogP contribution in [0.3, 0.4) is 0 Å². The number of carbonyl (C=O) groups is 2. The summed E-state index contributed by atoms with van der Waals surface area (Å²) in [6, 6.07) is 3.39. The zero-order chi connectivity index (χ0) is 14.5. The fraction of sp³-hybridized carbons (Fsp3) is 0.429. The third-order valence-corrected chi connectivity index (χ3v) is 3.27. The summed E-state index contributed by atoms with van der Waals surface area (Å²) in [6.07, 6.45) is 3.52. The molecule has 20 heavy (non-hydrogen) atoms. The predicted octanol–water partition coefficient (Wildman–Crippen LogP) is 2.35. The molecule has 0 radical (unpaired) electrons. The van der Waals surface area contributed by atoms with Gasteiger partial charge in [-0.2, -0.15) is 0 Å². The van der Waals surface area contributed by atoms with Crippen LogP contribution in [-0.2, 0) is 9.59 Å². The van der Waals surface area contributed by atoms with Crippen LogP contribution in [0.4, 0.5) is 14.5 Å². The maximum Gasteiger partial charge on any atom is 0.233 e. The van der Waals surface area contributed by atoms with Gasteiger partial charge in [-0.3, -0.25) is 9.59 Å². The minimum atomic E-state index is -0.866. The summed E-state index contributed by atoms with van der Waals surface area (Å²) in [4.78, 5) is 23.2. The molecule has 0 aliphatic heterocycles. The van der Waals surface area contributed by atoms with E-state index in [0.29, 0.717) is 0 Å². The Morgan fingerprint density at radius 1 is 1.10 bits per heavy atom. The predicted molar refractivity (Wildman–Crippen MR) is 70.0 cm³/mol. The normalized spacial score (nSPS) is 15.1. The molecule has 2 amide bonds. The summed E-state index contributed by atoms with van der Waals surface area (Å²) < 4.78 is 26.6. The van der Waals surface area contributed by atoms with Crippen molar-refractivity contribution in [2.45, 2.75) is 38.1 Å². The quantitative estimate of drug-likeness (QED) is 0.833. The monoisotopic (exact) mass is 282 g/mol. The Morgan fingerprint density at radius 2 is 1.70 bits per heavy atom. The van der Waals surface area contributed by atoms with E-state index in [1.165, 1.54) is 6.07 Å². The molecule has 0 atom stereocenters. The molecule has 2 rings (SSSR count). The highest BCUT2D eigenvalue weighted by molar-refractivity contribution is 6.03. The van der Waals surface area contributed by atoms with Crippen LogP contribution in [0.25, 0.3) is 0 Å². The highest BCUT2D eigenvalue weighted by Crippen LogP contribution is 2.19. The van der Waals surface area contributed by atoms with Crippen molar-refractivity contribution in [3.63, 3.8) is 0 Å². The number of halogens is 2. The largest absolute Gasteiger partial charge is 0.353 e. The summed E-state index contributed by atoms with van der Waals surface area (Å²) in [5.41, 5.74) is -0.522. The van der Waals surface area contributed by atoms with Crippen molar-refractivity contribution in [1.82, 2.24) is 5.32 Å². The maximum atomic E-state index is 13.3. The van der Waals surface area contributed by atoms with Crippen molar-refractivity contribution in [3.05, 3.63) is 29.8 Å². The van der Waals surface area contributed by atoms with Crippen LogP contribution >= 0.6 is 0 Å². The molecule has 1 aromatic rings. The van der Waals surface area contributed by atoms with E-state index in [9.17, 15) is 18.4 Å². The first-order valence-corrected chi connectivity index (χ1v) is 6.59. The Morgan fingerprint density at radius 3 is 2.30 bits per heavy atom. The maximum absolute atomic E-state index is 13.3. The summed E-state index contributed by atoms with van der Waals surface area (Å²) >= 11 is 0. The summed E-state index contributed by atoms with van der Waals surface area (Å²) in [5, 5.41) is 4.82. The van der Waals surface area contributed by atoms with Gasteiger partial charge in [0.2, 0.25) is 11.8 Å². The lowest BCUT2D eigenvalue weighted by Gasteiger charge is -2.12. The third kappa shape index (κ3) is 3.76. The third-order valence-electron chi connectivity index (χ3n) is 3.27. The molecule has 1 aromatic carbocycles. The van der Waals surface area contributed by atoms with Crippen LogP contribution in [0.5, 0.6) is 0 Å². The van der Waals surface area contributed by atoms with Crippen LogP contribution in [0, 0.1) is 11.6 Å². The van der Waals surface area contributed by atoms with Crippen molar-refractivity contribution < 1.29 is 18.4 Å². The summed E-state index contributed by atoms with van der Waals surface area (Å²) in [5.74, 6) is -2.89. The number of carbonyl (C=O) groups excluding carboxylic acids is 2. The van der Waals surface area contributed by atoms with Gasteiger partial charge in [-0.1, -0.05) is 18.9 Å². The number of benzene rings is 1. The zero-order valence-electron chi connectivity index (χ0n) is 10.9. The molecule has 0 bridgehead atoms. The van der Waals surface area contributed by atoms with E-state index in [2.05, 4.69) is 10.6 Å². The Hall–Kier alpha value is -1.98. The highest BCUT2D eigenvalue weighted by atomic mass is 19.1. The summed E-state index contributed by atoms with van der Waals surface area (Å²) in [6.45, 7) is 0. The van der Waals surface area contributed by atoms with Crippen LogP contribution in [0.2, 0.25) is 0 Å². The standard InChI is InChI=1S/C14H16F2N2O2/c15-10-6-3-7-11(16)14(10)18-13(20)8-12(19)17-9-4-1-2-5-9/h3,6-7,9H,1-2,4-5,8H2,(H,17,19)(H,18,20). The zero-order valence-corrected chi connectivity index (χ0v) is 10.9. The number of nitrogens with one attached hydrogen (secondary N) is 2. The van der Waals surface area contributed by atoms with E-state index < -0.39 is 35.6 Å². The average Bonchev–Trinajstić information content (AvgIpc) is 2.86. The van der Waals surface area contributed by atoms with Crippen molar-refractivity contribution in [2.75, 3.05) is 5.32 Å². The lowest BCUT2D eigenvalue weighted by atomic mass is 10.2. The van der Waals surface area contributed by atoms with E-state index in [1.54, 1.807) is 0 Å². The van der Waals surface area contributed by atoms with Crippen LogP contribution in [0.1, 0.15) is 32.1 Å². The van der Waals surface area contributed by atoms with Crippen molar-refractivity contribution in [1.29, 1.82) is 0 Å². The Labute approximate surface area is 115 Å². The fourth-order valence-electron chi connectivity index (χ4n) is 2.30. The van der Waals surface area contributed by atoms with Gasteiger partial charge < -0.3 is 10.6 Å². The topological polar surface area (TPSA) is 58.2 Å². The Kier molecular flexibility index (Phi) is 4.65. The molecule has 1 aliphatic carbocycles. The van der Waals surface area contributed by atoms with Gasteiger partial charge in [-0.25, -0.2) is 8.78 Å². The lowest BCUT2D eigenvalue weighted by molar-refractivity contribution is -0.127. The van der Waals surface area contributed by atoms with Crippen LogP contribution in [-0.4, -0.2) is 17.9 Å². The Balaban J connectivity index is 1.87. The Bertz CT molecular complexity index is 494. The lowest BCUT2D eigenvalue weighted by Crippen LogP contribution is -2.35. The molecule has 1 aliphatic rings. The van der Waals surface area contributed by atoms with E-state index in [-0.39, 0.29) is 6.04 Å². The SMILES string of the molecule is O=C(CC(=O)NC1CCCC1)Nc1c(F)cccc1F. The molecule has 6 heteroatoms. The van der Waals surface area contributed by atoms with Gasteiger partial charge in [0.15, 0.2) is 0 Å². The van der Waals surface area contributed by atoms with E-state index in [4.69, 9.17) is 0 Å². The second kappa shape index (κ2) is 6.45. The highest BCUT2D eigenvalue weighted by Gasteiger charge is 2.19. The number of rotatable bonds is 4. The van der Waals surface area contributed by atoms with Crippen LogP contribution < -0.4 is 10.6 Å². The fourth-order valence-corrected chi connectivity index (χ4v) is 2.30. The van der Waals surface area contributed by atoms with E-state index in [0.717, 1.165) is 37.8 Å². The van der Waals surface area contributed by atoms with Crippen molar-refractivity contribution in [2.24, 2.45) is 0 Å². The van der Waals surface area contributed by atoms with Gasteiger partial charge >= 0.3 is 0 Å². The molecule has 1 fully saturated rings. The molecular weight excluding hydrogens is 266 g/mol. The second-order valence-corrected chi connectivity index (χ2v) is 4.87. The molecule has 108 valence electrons. The van der Waals surface area contributed by atoms with Crippen molar-refractivity contribution >= 4 is 17.5 Å². The summed E-state index contributed by atoms with van der Waals surface area (Å²) in [7, 11) is 0. The number of amides is 2. The molecule has 0 heterocycles. The van der Waals surface area contributed by atoms with Gasteiger partial charge in [-0.15, -0.1) is 0 Å². The molecule has 0 aromatic heterocycles. The molecule has 0 unspecified atom stereocenters. The minimum Gasteiger partial charge on any atom is -0.353 e. The first kappa shape index (κ1) is 14.4. The first-order chi connectivity index (χ1) is 9.56. The minimum absolute atomic E-state index is 0.112. The number of anilines is 1. The molecule has 1 saturated carbocycles. The number of para-hydroxylation sites is 1. The van der Waals surface area contributed by atoms with Gasteiger partial charge in [0, 0.05) is 6.04 Å². The smallest absolute Gasteiger partial charge is 0.233 e. The van der Waals surface area contributed by atoms with Crippen molar-refractivity contribution in [3.8, 4) is 0 Å². The number of hydrogen-bond acceptors (Lipinski definition) is 2. The van der Waals surface area contributed by atoms with E-state index >= 15 is 0 Å². The van der Waals surface area contributed by atoms with Crippen LogP contribution in [0.15, 0.2) is 18.2 Å². The molecular formula is C14H16F2N2O2. The van der Waals surface area contributed by atoms with Gasteiger partial charge in [0.25, 0.3) is 0 Å². The first-order valence-electron chi connectivity index (χ1n) is 6.59.